The number of rotatable bonds is 0. The Morgan fingerprint density at radius 1 is 1.33 bits per heavy atom. The zero-order chi connectivity index (χ0) is 8.60. The summed E-state index contributed by atoms with van der Waals surface area (Å²) in [5.41, 5.74) is 0.396. The summed E-state index contributed by atoms with van der Waals surface area (Å²) in [6.45, 7) is 2.33. The molecule has 0 aromatic carbocycles. The van der Waals surface area contributed by atoms with E-state index in [2.05, 4.69) is 6.92 Å². The van der Waals surface area contributed by atoms with Crippen molar-refractivity contribution in [3.8, 4) is 0 Å². The fraction of sp³-hybridized carbons (Fsp3) is 0.909. The lowest BCUT2D eigenvalue weighted by molar-refractivity contribution is -0.126. The van der Waals surface area contributed by atoms with E-state index < -0.39 is 0 Å². The van der Waals surface area contributed by atoms with Gasteiger partial charge >= 0.3 is 0 Å². The number of carbonyl (C=O) groups is 1. The number of ketones is 1. The van der Waals surface area contributed by atoms with Crippen LogP contribution in [-0.2, 0) is 4.79 Å². The molecule has 0 heterocycles. The molecule has 0 spiro atoms. The first-order valence-corrected chi connectivity index (χ1v) is 5.22. The van der Waals surface area contributed by atoms with Gasteiger partial charge in [0.2, 0.25) is 0 Å². The first kappa shape index (κ1) is 8.28. The molecular weight excluding hydrogens is 148 g/mol. The first-order chi connectivity index (χ1) is 5.71. The second kappa shape index (κ2) is 2.86. The van der Waals surface area contributed by atoms with Crippen LogP contribution < -0.4 is 0 Å². The SMILES string of the molecule is CC12CCCCC1CCC(=O)C2. The third-order valence-electron chi connectivity index (χ3n) is 3.91. The van der Waals surface area contributed by atoms with Gasteiger partial charge in [0.05, 0.1) is 0 Å². The van der Waals surface area contributed by atoms with Gasteiger partial charge in [-0.2, -0.15) is 0 Å². The van der Waals surface area contributed by atoms with Crippen LogP contribution in [0.25, 0.3) is 0 Å². The molecule has 12 heavy (non-hydrogen) atoms. The number of hydrogen-bond acceptors (Lipinski definition) is 1. The highest BCUT2D eigenvalue weighted by Crippen LogP contribution is 2.48. The van der Waals surface area contributed by atoms with Crippen molar-refractivity contribution in [1.29, 1.82) is 0 Å². The largest absolute Gasteiger partial charge is 0.300 e. The van der Waals surface area contributed by atoms with Crippen molar-refractivity contribution in [3.05, 3.63) is 0 Å². The summed E-state index contributed by atoms with van der Waals surface area (Å²) in [5, 5.41) is 0. The Labute approximate surface area is 74.5 Å². The molecule has 0 amide bonds. The van der Waals surface area contributed by atoms with Crippen molar-refractivity contribution in [3.63, 3.8) is 0 Å². The van der Waals surface area contributed by atoms with Crippen LogP contribution in [-0.4, -0.2) is 5.78 Å². The lowest BCUT2D eigenvalue weighted by atomic mass is 9.60. The van der Waals surface area contributed by atoms with Crippen molar-refractivity contribution >= 4 is 5.78 Å². The van der Waals surface area contributed by atoms with Gasteiger partial charge in [-0.3, -0.25) is 4.79 Å². The maximum atomic E-state index is 11.3. The molecule has 0 bridgehead atoms. The van der Waals surface area contributed by atoms with E-state index in [9.17, 15) is 4.79 Å². The minimum atomic E-state index is 0.396. The minimum Gasteiger partial charge on any atom is -0.300 e. The fourth-order valence-corrected chi connectivity index (χ4v) is 3.07. The van der Waals surface area contributed by atoms with Crippen molar-refractivity contribution < 1.29 is 4.79 Å². The van der Waals surface area contributed by atoms with E-state index in [4.69, 9.17) is 0 Å². The molecule has 0 aliphatic heterocycles. The smallest absolute Gasteiger partial charge is 0.133 e. The maximum Gasteiger partial charge on any atom is 0.133 e. The van der Waals surface area contributed by atoms with E-state index in [1.807, 2.05) is 0 Å². The van der Waals surface area contributed by atoms with Crippen LogP contribution in [0, 0.1) is 11.3 Å². The van der Waals surface area contributed by atoms with E-state index in [1.165, 1.54) is 32.1 Å². The highest BCUT2D eigenvalue weighted by molar-refractivity contribution is 5.80. The molecule has 2 aliphatic rings. The predicted octanol–water partition coefficient (Wildman–Crippen LogP) is 2.94. The van der Waals surface area contributed by atoms with Crippen molar-refractivity contribution in [2.45, 2.75) is 51.9 Å². The number of carbonyl (C=O) groups excluding carboxylic acids is 1. The molecule has 0 saturated heterocycles. The van der Waals surface area contributed by atoms with E-state index in [0.717, 1.165) is 18.8 Å². The molecule has 2 rings (SSSR count). The zero-order valence-corrected chi connectivity index (χ0v) is 7.94. The summed E-state index contributed by atoms with van der Waals surface area (Å²) in [5.74, 6) is 1.37. The molecular formula is C11H18O. The van der Waals surface area contributed by atoms with Gasteiger partial charge < -0.3 is 0 Å². The van der Waals surface area contributed by atoms with Gasteiger partial charge in [0.15, 0.2) is 0 Å². The van der Waals surface area contributed by atoms with Gasteiger partial charge in [-0.1, -0.05) is 19.8 Å². The Balaban J connectivity index is 2.12. The standard InChI is InChI=1S/C11H18O/c1-11-7-3-2-4-9(11)5-6-10(12)8-11/h9H,2-8H2,1H3. The van der Waals surface area contributed by atoms with Gasteiger partial charge in [0.1, 0.15) is 5.78 Å². The highest BCUT2D eigenvalue weighted by atomic mass is 16.1. The van der Waals surface area contributed by atoms with E-state index in [1.54, 1.807) is 0 Å². The summed E-state index contributed by atoms with van der Waals surface area (Å²) in [6.07, 6.45) is 8.33. The predicted molar refractivity (Wildman–Crippen MR) is 48.9 cm³/mol. The zero-order valence-electron chi connectivity index (χ0n) is 7.94. The van der Waals surface area contributed by atoms with Crippen LogP contribution in [0.15, 0.2) is 0 Å². The van der Waals surface area contributed by atoms with Gasteiger partial charge in [0.25, 0.3) is 0 Å². The van der Waals surface area contributed by atoms with E-state index >= 15 is 0 Å². The number of Topliss-reactive ketones (excluding diaryl/α,β-unsaturated/α-hetero) is 1. The maximum absolute atomic E-state index is 11.3. The number of fused-ring (bicyclic) bond motifs is 1. The lowest BCUT2D eigenvalue weighted by Gasteiger charge is -2.44. The molecule has 0 aromatic heterocycles. The molecule has 1 heteroatoms. The van der Waals surface area contributed by atoms with Crippen LogP contribution in [0.4, 0.5) is 0 Å². The Morgan fingerprint density at radius 2 is 2.17 bits per heavy atom. The molecule has 2 saturated carbocycles. The van der Waals surface area contributed by atoms with Gasteiger partial charge in [-0.15, -0.1) is 0 Å². The third kappa shape index (κ3) is 1.30. The Bertz CT molecular complexity index is 197. The monoisotopic (exact) mass is 166 g/mol. The van der Waals surface area contributed by atoms with Crippen molar-refractivity contribution in [2.75, 3.05) is 0 Å². The first-order valence-electron chi connectivity index (χ1n) is 5.22. The minimum absolute atomic E-state index is 0.396. The van der Waals surface area contributed by atoms with Crippen molar-refractivity contribution in [2.24, 2.45) is 11.3 Å². The van der Waals surface area contributed by atoms with E-state index in [0.29, 0.717) is 11.2 Å². The second-order valence-electron chi connectivity index (χ2n) is 4.85. The fourth-order valence-electron chi connectivity index (χ4n) is 3.07. The summed E-state index contributed by atoms with van der Waals surface area (Å²) < 4.78 is 0. The molecule has 2 atom stereocenters. The van der Waals surface area contributed by atoms with Crippen molar-refractivity contribution in [1.82, 2.24) is 0 Å². The van der Waals surface area contributed by atoms with Crippen LogP contribution in [0.3, 0.4) is 0 Å². The average Bonchev–Trinajstić information content (AvgIpc) is 2.02. The quantitative estimate of drug-likeness (QED) is 0.540. The molecule has 0 N–H and O–H groups in total. The number of hydrogen-bond donors (Lipinski definition) is 0. The second-order valence-corrected chi connectivity index (χ2v) is 4.85. The lowest BCUT2D eigenvalue weighted by Crippen LogP contribution is -2.37. The molecule has 2 aliphatic carbocycles. The molecule has 68 valence electrons. The summed E-state index contributed by atoms with van der Waals surface area (Å²) in [7, 11) is 0. The molecule has 0 radical (unpaired) electrons. The van der Waals surface area contributed by atoms with Crippen LogP contribution >= 0.6 is 0 Å². The Morgan fingerprint density at radius 3 is 3.00 bits per heavy atom. The summed E-state index contributed by atoms with van der Waals surface area (Å²) >= 11 is 0. The van der Waals surface area contributed by atoms with Crippen LogP contribution in [0.1, 0.15) is 51.9 Å². The van der Waals surface area contributed by atoms with E-state index in [-0.39, 0.29) is 0 Å². The third-order valence-corrected chi connectivity index (χ3v) is 3.91. The highest BCUT2D eigenvalue weighted by Gasteiger charge is 2.40. The molecule has 2 fully saturated rings. The Hall–Kier alpha value is -0.330. The van der Waals surface area contributed by atoms with Gasteiger partial charge in [-0.25, -0.2) is 0 Å². The summed E-state index contributed by atoms with van der Waals surface area (Å²) in [6, 6.07) is 0. The van der Waals surface area contributed by atoms with Gasteiger partial charge in [0, 0.05) is 12.8 Å². The van der Waals surface area contributed by atoms with Crippen LogP contribution in [0.5, 0.6) is 0 Å². The Kier molecular flexibility index (Phi) is 1.97. The molecule has 1 nitrogen and oxygen atoms in total. The van der Waals surface area contributed by atoms with Crippen LogP contribution in [0.2, 0.25) is 0 Å². The normalized spacial score (nSPS) is 42.4. The average molecular weight is 166 g/mol. The molecule has 0 aromatic rings. The molecule has 2 unspecified atom stereocenters. The van der Waals surface area contributed by atoms with Gasteiger partial charge in [-0.05, 0) is 30.6 Å². The topological polar surface area (TPSA) is 17.1 Å². The summed E-state index contributed by atoms with van der Waals surface area (Å²) in [4.78, 5) is 11.3.